The zero-order chi connectivity index (χ0) is 24.0. The average molecular weight is 454 g/mol. The molecule has 3 heteroatoms. The second-order valence-corrected chi connectivity index (χ2v) is 9.63. The molecule has 1 heterocycles. The Kier molecular flexibility index (Phi) is 5.07. The Morgan fingerprint density at radius 1 is 0.543 bits per heavy atom. The molecule has 0 saturated heterocycles. The van der Waals surface area contributed by atoms with Gasteiger partial charge in [0.1, 0.15) is 5.82 Å². The van der Waals surface area contributed by atoms with Gasteiger partial charge in [-0.3, -0.25) is 0 Å². The van der Waals surface area contributed by atoms with Gasteiger partial charge in [-0.2, -0.15) is 0 Å². The van der Waals surface area contributed by atoms with Crippen LogP contribution >= 0.6 is 0 Å². The zero-order valence-electron chi connectivity index (χ0n) is 20.3. The normalized spacial score (nSPS) is 13.3. The first-order chi connectivity index (χ1) is 17.0. The maximum atomic E-state index is 4.92. The first kappa shape index (κ1) is 21.4. The van der Waals surface area contributed by atoms with Crippen molar-refractivity contribution in [2.45, 2.75) is 32.6 Å². The van der Waals surface area contributed by atoms with Gasteiger partial charge in [0.15, 0.2) is 11.6 Å². The summed E-state index contributed by atoms with van der Waals surface area (Å²) in [6.07, 6.45) is 0.756. The van der Waals surface area contributed by atoms with Gasteiger partial charge in [-0.05, 0) is 39.4 Å². The third kappa shape index (κ3) is 3.64. The van der Waals surface area contributed by atoms with Crippen molar-refractivity contribution in [2.24, 2.45) is 0 Å². The highest BCUT2D eigenvalue weighted by Gasteiger charge is 2.35. The minimum Gasteiger partial charge on any atom is -0.213 e. The van der Waals surface area contributed by atoms with E-state index in [0.717, 1.165) is 35.0 Å². The number of benzene rings is 4. The molecule has 0 amide bonds. The van der Waals surface area contributed by atoms with Crippen molar-refractivity contribution in [1.82, 2.24) is 15.0 Å². The van der Waals surface area contributed by atoms with Gasteiger partial charge in [-0.1, -0.05) is 112 Å². The van der Waals surface area contributed by atoms with E-state index in [4.69, 9.17) is 15.0 Å². The van der Waals surface area contributed by atoms with Gasteiger partial charge in [0.05, 0.1) is 0 Å². The molecule has 0 N–H and O–H groups in total. The van der Waals surface area contributed by atoms with E-state index in [2.05, 4.69) is 112 Å². The van der Waals surface area contributed by atoms with Crippen LogP contribution in [0.3, 0.4) is 0 Å². The average Bonchev–Trinajstić information content (AvgIpc) is 3.15. The minimum absolute atomic E-state index is 0.0569. The van der Waals surface area contributed by atoms with Crippen molar-refractivity contribution < 1.29 is 0 Å². The fraction of sp³-hybridized carbons (Fsp3) is 0.156. The molecule has 6 rings (SSSR count). The molecule has 0 spiro atoms. The van der Waals surface area contributed by atoms with E-state index < -0.39 is 0 Å². The molecule has 1 aromatic heterocycles. The van der Waals surface area contributed by atoms with E-state index in [9.17, 15) is 0 Å². The van der Waals surface area contributed by atoms with Gasteiger partial charge in [0.25, 0.3) is 0 Å². The lowest BCUT2D eigenvalue weighted by molar-refractivity contribution is 0.660. The summed E-state index contributed by atoms with van der Waals surface area (Å²) < 4.78 is 0. The van der Waals surface area contributed by atoms with Crippen LogP contribution in [0.25, 0.3) is 45.0 Å². The van der Waals surface area contributed by atoms with E-state index >= 15 is 0 Å². The standard InChI is InChI=1S/C32H27N3/c1-4-29-33-30(23-16-14-22(15-17-23)21-10-6-5-7-11-21)35-31(34-29)24-18-19-26-25-12-8-9-13-27(25)32(2,3)28(26)20-24/h5-20H,4H2,1-3H3. The molecule has 35 heavy (non-hydrogen) atoms. The summed E-state index contributed by atoms with van der Waals surface area (Å²) in [5.41, 5.74) is 9.67. The largest absolute Gasteiger partial charge is 0.213 e. The number of fused-ring (bicyclic) bond motifs is 3. The highest BCUT2D eigenvalue weighted by molar-refractivity contribution is 5.83. The number of aryl methyl sites for hydroxylation is 1. The Bertz CT molecular complexity index is 1530. The SMILES string of the molecule is CCc1nc(-c2ccc(-c3ccccc3)cc2)nc(-c2ccc3c(c2)C(C)(C)c2ccccc2-3)n1. The van der Waals surface area contributed by atoms with Crippen molar-refractivity contribution in [3.05, 3.63) is 114 Å². The van der Waals surface area contributed by atoms with E-state index in [1.165, 1.54) is 33.4 Å². The quantitative estimate of drug-likeness (QED) is 0.279. The zero-order valence-corrected chi connectivity index (χ0v) is 20.3. The number of rotatable bonds is 4. The van der Waals surface area contributed by atoms with Gasteiger partial charge in [-0.25, -0.2) is 15.0 Å². The highest BCUT2D eigenvalue weighted by atomic mass is 15.0. The summed E-state index contributed by atoms with van der Waals surface area (Å²) in [6, 6.07) is 34.2. The van der Waals surface area contributed by atoms with Crippen LogP contribution in [-0.4, -0.2) is 15.0 Å². The molecule has 1 aliphatic rings. The fourth-order valence-electron chi connectivity index (χ4n) is 5.12. The lowest BCUT2D eigenvalue weighted by atomic mass is 9.82. The molecule has 4 aromatic carbocycles. The van der Waals surface area contributed by atoms with Crippen molar-refractivity contribution in [3.8, 4) is 45.0 Å². The molecular formula is C32H27N3. The monoisotopic (exact) mass is 453 g/mol. The molecular weight excluding hydrogens is 426 g/mol. The van der Waals surface area contributed by atoms with Gasteiger partial charge in [0, 0.05) is 23.0 Å². The van der Waals surface area contributed by atoms with E-state index in [1.807, 2.05) is 6.07 Å². The number of hydrogen-bond donors (Lipinski definition) is 0. The van der Waals surface area contributed by atoms with Crippen molar-refractivity contribution in [1.29, 1.82) is 0 Å². The lowest BCUT2D eigenvalue weighted by Crippen LogP contribution is -2.15. The van der Waals surface area contributed by atoms with E-state index in [-0.39, 0.29) is 5.41 Å². The number of nitrogens with zero attached hydrogens (tertiary/aromatic N) is 3. The molecule has 5 aromatic rings. The predicted octanol–water partition coefficient (Wildman–Crippen LogP) is 7.74. The van der Waals surface area contributed by atoms with Gasteiger partial charge in [0.2, 0.25) is 0 Å². The van der Waals surface area contributed by atoms with Gasteiger partial charge in [-0.15, -0.1) is 0 Å². The first-order valence-corrected chi connectivity index (χ1v) is 12.2. The van der Waals surface area contributed by atoms with Crippen molar-refractivity contribution >= 4 is 0 Å². The molecule has 0 atom stereocenters. The van der Waals surface area contributed by atoms with Crippen LogP contribution in [0.2, 0.25) is 0 Å². The van der Waals surface area contributed by atoms with Crippen LogP contribution in [0.15, 0.2) is 97.1 Å². The highest BCUT2D eigenvalue weighted by Crippen LogP contribution is 2.49. The molecule has 170 valence electrons. The predicted molar refractivity (Wildman–Crippen MR) is 143 cm³/mol. The number of hydrogen-bond acceptors (Lipinski definition) is 3. The van der Waals surface area contributed by atoms with Crippen LogP contribution in [0, 0.1) is 0 Å². The topological polar surface area (TPSA) is 38.7 Å². The lowest BCUT2D eigenvalue weighted by Gasteiger charge is -2.21. The molecule has 0 radical (unpaired) electrons. The molecule has 3 nitrogen and oxygen atoms in total. The molecule has 0 fully saturated rings. The maximum absolute atomic E-state index is 4.92. The second kappa shape index (κ2) is 8.28. The van der Waals surface area contributed by atoms with Crippen molar-refractivity contribution in [3.63, 3.8) is 0 Å². The molecule has 0 saturated carbocycles. The van der Waals surface area contributed by atoms with Crippen LogP contribution in [0.5, 0.6) is 0 Å². The summed E-state index contributed by atoms with van der Waals surface area (Å²) in [5.74, 6) is 2.25. The maximum Gasteiger partial charge on any atom is 0.163 e. The summed E-state index contributed by atoms with van der Waals surface area (Å²) in [7, 11) is 0. The van der Waals surface area contributed by atoms with E-state index in [1.54, 1.807) is 0 Å². The third-order valence-corrected chi connectivity index (χ3v) is 7.09. The number of aromatic nitrogens is 3. The smallest absolute Gasteiger partial charge is 0.163 e. The fourth-order valence-corrected chi connectivity index (χ4v) is 5.12. The Labute approximate surface area is 206 Å². The van der Waals surface area contributed by atoms with Gasteiger partial charge >= 0.3 is 0 Å². The summed E-state index contributed by atoms with van der Waals surface area (Å²) in [4.78, 5) is 14.5. The Hall–Kier alpha value is -4.11. The summed E-state index contributed by atoms with van der Waals surface area (Å²) in [5, 5.41) is 0. The van der Waals surface area contributed by atoms with Gasteiger partial charge < -0.3 is 0 Å². The molecule has 0 aliphatic heterocycles. The van der Waals surface area contributed by atoms with Crippen LogP contribution < -0.4 is 0 Å². The molecule has 1 aliphatic carbocycles. The minimum atomic E-state index is -0.0569. The molecule has 0 bridgehead atoms. The van der Waals surface area contributed by atoms with Crippen LogP contribution in [-0.2, 0) is 11.8 Å². The van der Waals surface area contributed by atoms with Crippen LogP contribution in [0.4, 0.5) is 0 Å². The van der Waals surface area contributed by atoms with Crippen LogP contribution in [0.1, 0.15) is 37.7 Å². The Morgan fingerprint density at radius 3 is 1.86 bits per heavy atom. The third-order valence-electron chi connectivity index (χ3n) is 7.09. The Balaban J connectivity index is 1.41. The van der Waals surface area contributed by atoms with E-state index in [0.29, 0.717) is 0 Å². The first-order valence-electron chi connectivity index (χ1n) is 12.2. The molecule has 0 unspecified atom stereocenters. The second-order valence-electron chi connectivity index (χ2n) is 9.63. The Morgan fingerprint density at radius 2 is 1.11 bits per heavy atom. The summed E-state index contributed by atoms with van der Waals surface area (Å²) >= 11 is 0. The summed E-state index contributed by atoms with van der Waals surface area (Å²) in [6.45, 7) is 6.68. The van der Waals surface area contributed by atoms with Crippen molar-refractivity contribution in [2.75, 3.05) is 0 Å².